The Kier molecular flexibility index (Phi) is 4.95. The summed E-state index contributed by atoms with van der Waals surface area (Å²) in [5, 5.41) is 8.63. The van der Waals surface area contributed by atoms with Crippen LogP contribution in [0.3, 0.4) is 0 Å². The van der Waals surface area contributed by atoms with E-state index in [2.05, 4.69) is 20.7 Å². The molecule has 0 aliphatic heterocycles. The maximum Gasteiger partial charge on any atom is 0.416 e. The Morgan fingerprint density at radius 1 is 1.53 bits per heavy atom. The quantitative estimate of drug-likeness (QED) is 0.630. The van der Waals surface area contributed by atoms with Crippen LogP contribution < -0.4 is 0 Å². The second-order valence-corrected chi connectivity index (χ2v) is 4.78. The standard InChI is InChI=1S/C12H9BrF3NO2/c1-19-11(18)10(13)5-8-3-2-7(6-17)4-9(8)12(14,15)16/h2-4,10H,5H2,1H3. The molecule has 0 aliphatic rings. The van der Waals surface area contributed by atoms with Crippen molar-refractivity contribution in [2.45, 2.75) is 17.4 Å². The molecule has 3 nitrogen and oxygen atoms in total. The van der Waals surface area contributed by atoms with E-state index in [1.165, 1.54) is 12.1 Å². The summed E-state index contributed by atoms with van der Waals surface area (Å²) >= 11 is 2.97. The number of carbonyl (C=O) groups is 1. The van der Waals surface area contributed by atoms with Crippen LogP contribution in [0.1, 0.15) is 16.7 Å². The zero-order chi connectivity index (χ0) is 14.6. The molecule has 0 aromatic heterocycles. The molecule has 102 valence electrons. The lowest BCUT2D eigenvalue weighted by Gasteiger charge is -2.15. The first-order valence-electron chi connectivity index (χ1n) is 5.11. The number of benzene rings is 1. The molecule has 0 aliphatic carbocycles. The van der Waals surface area contributed by atoms with Crippen LogP contribution in [0, 0.1) is 11.3 Å². The van der Waals surface area contributed by atoms with Crippen molar-refractivity contribution >= 4 is 21.9 Å². The fraction of sp³-hybridized carbons (Fsp3) is 0.333. The molecule has 1 atom stereocenters. The summed E-state index contributed by atoms with van der Waals surface area (Å²) in [6, 6.07) is 4.89. The number of methoxy groups -OCH3 is 1. The van der Waals surface area contributed by atoms with Gasteiger partial charge >= 0.3 is 12.1 Å². The van der Waals surface area contributed by atoms with Crippen LogP contribution in [-0.4, -0.2) is 17.9 Å². The van der Waals surface area contributed by atoms with Crippen molar-refractivity contribution in [1.29, 1.82) is 5.26 Å². The highest BCUT2D eigenvalue weighted by Gasteiger charge is 2.34. The number of hydrogen-bond donors (Lipinski definition) is 0. The van der Waals surface area contributed by atoms with Crippen molar-refractivity contribution < 1.29 is 22.7 Å². The zero-order valence-corrected chi connectivity index (χ0v) is 11.4. The van der Waals surface area contributed by atoms with E-state index in [1.54, 1.807) is 6.07 Å². The first kappa shape index (κ1) is 15.5. The number of nitriles is 1. The molecule has 1 rings (SSSR count). The second kappa shape index (κ2) is 6.06. The molecule has 0 radical (unpaired) electrons. The molecule has 0 saturated carbocycles. The minimum Gasteiger partial charge on any atom is -0.468 e. The van der Waals surface area contributed by atoms with Gasteiger partial charge in [0.2, 0.25) is 0 Å². The minimum absolute atomic E-state index is 0.0706. The summed E-state index contributed by atoms with van der Waals surface area (Å²) < 4.78 is 43.0. The molecule has 0 spiro atoms. The minimum atomic E-state index is -4.58. The Balaban J connectivity index is 3.14. The van der Waals surface area contributed by atoms with E-state index >= 15 is 0 Å². The monoisotopic (exact) mass is 335 g/mol. The van der Waals surface area contributed by atoms with Gasteiger partial charge in [-0.2, -0.15) is 18.4 Å². The zero-order valence-electron chi connectivity index (χ0n) is 9.79. The molecule has 19 heavy (non-hydrogen) atoms. The smallest absolute Gasteiger partial charge is 0.416 e. The third-order valence-corrected chi connectivity index (χ3v) is 3.10. The maximum absolute atomic E-state index is 12.9. The van der Waals surface area contributed by atoms with Crippen molar-refractivity contribution in [2.24, 2.45) is 0 Å². The lowest BCUT2D eigenvalue weighted by atomic mass is 10.00. The highest BCUT2D eigenvalue weighted by Crippen LogP contribution is 2.33. The number of nitrogens with zero attached hydrogens (tertiary/aromatic N) is 1. The topological polar surface area (TPSA) is 50.1 Å². The van der Waals surface area contributed by atoms with E-state index in [1.807, 2.05) is 0 Å². The summed E-state index contributed by atoms with van der Waals surface area (Å²) in [6.07, 6.45) is -4.75. The van der Waals surface area contributed by atoms with Gasteiger partial charge in [-0.3, -0.25) is 4.79 Å². The SMILES string of the molecule is COC(=O)C(Br)Cc1ccc(C#N)cc1C(F)(F)F. The van der Waals surface area contributed by atoms with Crippen molar-refractivity contribution in [1.82, 2.24) is 0 Å². The number of esters is 1. The van der Waals surface area contributed by atoms with E-state index in [0.29, 0.717) is 0 Å². The van der Waals surface area contributed by atoms with Gasteiger partial charge in [-0.05, 0) is 24.1 Å². The Hall–Kier alpha value is -1.55. The van der Waals surface area contributed by atoms with Gasteiger partial charge in [0.25, 0.3) is 0 Å². The van der Waals surface area contributed by atoms with Gasteiger partial charge in [-0.1, -0.05) is 22.0 Å². The van der Waals surface area contributed by atoms with Crippen molar-refractivity contribution in [3.63, 3.8) is 0 Å². The van der Waals surface area contributed by atoms with Crippen molar-refractivity contribution in [3.05, 3.63) is 34.9 Å². The van der Waals surface area contributed by atoms with E-state index in [4.69, 9.17) is 5.26 Å². The Bertz CT molecular complexity index is 523. The van der Waals surface area contributed by atoms with Gasteiger partial charge in [-0.15, -0.1) is 0 Å². The molecule has 1 unspecified atom stereocenters. The predicted molar refractivity (Wildman–Crippen MR) is 64.6 cm³/mol. The summed E-state index contributed by atoms with van der Waals surface area (Å²) in [6.45, 7) is 0. The number of ether oxygens (including phenoxy) is 1. The molecule has 7 heteroatoms. The first-order chi connectivity index (χ1) is 8.79. The van der Waals surface area contributed by atoms with Crippen LogP contribution >= 0.6 is 15.9 Å². The van der Waals surface area contributed by atoms with Crippen molar-refractivity contribution in [2.75, 3.05) is 7.11 Å². The molecule has 0 amide bonds. The fourth-order valence-corrected chi connectivity index (χ4v) is 2.03. The Morgan fingerprint density at radius 3 is 2.63 bits per heavy atom. The highest BCUT2D eigenvalue weighted by molar-refractivity contribution is 9.10. The lowest BCUT2D eigenvalue weighted by molar-refractivity contribution is -0.141. The number of halogens is 4. The molecule has 0 N–H and O–H groups in total. The van der Waals surface area contributed by atoms with Gasteiger partial charge in [0, 0.05) is 0 Å². The molecule has 0 saturated heterocycles. The summed E-state index contributed by atoms with van der Waals surface area (Å²) in [4.78, 5) is 10.3. The molecule has 0 bridgehead atoms. The van der Waals surface area contributed by atoms with Crippen molar-refractivity contribution in [3.8, 4) is 6.07 Å². The largest absolute Gasteiger partial charge is 0.468 e. The van der Waals surface area contributed by atoms with Gasteiger partial charge in [-0.25, -0.2) is 0 Å². The van der Waals surface area contributed by atoms with E-state index in [0.717, 1.165) is 13.2 Å². The van der Waals surface area contributed by atoms with Crippen LogP contribution in [0.2, 0.25) is 0 Å². The summed E-state index contributed by atoms with van der Waals surface area (Å²) in [5.74, 6) is -0.655. The Labute approximate surface area is 116 Å². The number of carbonyl (C=O) groups excluding carboxylic acids is 1. The van der Waals surface area contributed by atoms with E-state index < -0.39 is 22.5 Å². The fourth-order valence-electron chi connectivity index (χ4n) is 1.49. The third-order valence-electron chi connectivity index (χ3n) is 2.40. The normalized spacial score (nSPS) is 12.6. The number of hydrogen-bond acceptors (Lipinski definition) is 3. The lowest BCUT2D eigenvalue weighted by Crippen LogP contribution is -2.20. The summed E-state index contributed by atoms with van der Waals surface area (Å²) in [5.41, 5.74) is -1.07. The second-order valence-electron chi connectivity index (χ2n) is 3.68. The predicted octanol–water partition coefficient (Wildman–Crippen LogP) is 3.06. The van der Waals surface area contributed by atoms with E-state index in [-0.39, 0.29) is 17.5 Å². The molecule has 1 aromatic rings. The van der Waals surface area contributed by atoms with Gasteiger partial charge in [0.15, 0.2) is 0 Å². The molecular formula is C12H9BrF3NO2. The number of alkyl halides is 4. The van der Waals surface area contributed by atoms with Gasteiger partial charge in [0.05, 0.1) is 24.3 Å². The first-order valence-corrected chi connectivity index (χ1v) is 6.03. The molecule has 0 heterocycles. The van der Waals surface area contributed by atoms with Gasteiger partial charge < -0.3 is 4.74 Å². The van der Waals surface area contributed by atoms with Crippen LogP contribution in [0.5, 0.6) is 0 Å². The maximum atomic E-state index is 12.9. The third kappa shape index (κ3) is 3.96. The van der Waals surface area contributed by atoms with E-state index in [9.17, 15) is 18.0 Å². The van der Waals surface area contributed by atoms with Crippen LogP contribution in [0.15, 0.2) is 18.2 Å². The summed E-state index contributed by atoms with van der Waals surface area (Å²) in [7, 11) is 1.15. The average Bonchev–Trinajstić information content (AvgIpc) is 2.36. The molecule has 1 aromatic carbocycles. The van der Waals surface area contributed by atoms with Gasteiger partial charge in [0.1, 0.15) is 4.83 Å². The Morgan fingerprint density at radius 2 is 2.16 bits per heavy atom. The highest BCUT2D eigenvalue weighted by atomic mass is 79.9. The van der Waals surface area contributed by atoms with Crippen LogP contribution in [-0.2, 0) is 22.1 Å². The molecular weight excluding hydrogens is 327 g/mol. The van der Waals surface area contributed by atoms with Crippen LogP contribution in [0.4, 0.5) is 13.2 Å². The van der Waals surface area contributed by atoms with Crippen LogP contribution in [0.25, 0.3) is 0 Å². The molecule has 0 fully saturated rings. The number of rotatable bonds is 3. The average molecular weight is 336 g/mol.